The second-order valence-corrected chi connectivity index (χ2v) is 24.3. The Morgan fingerprint density at radius 3 is 1.19 bits per heavy atom. The molecule has 3 aliphatic heterocycles. The predicted molar refractivity (Wildman–Crippen MR) is 367 cm³/mol. The lowest BCUT2D eigenvalue weighted by Crippen LogP contribution is -2.24. The minimum Gasteiger partial charge on any atom is -0.497 e. The maximum Gasteiger partial charge on any atom is 0.255 e. The number of ether oxygens (including phenoxy) is 2. The molecule has 9 heterocycles. The van der Waals surface area contributed by atoms with Gasteiger partial charge >= 0.3 is 0 Å². The molecule has 3 fully saturated rings. The molecular formula is C75H72F3N13O5. The number of methoxy groups -OCH3 is 2. The molecule has 15 rings (SSSR count). The van der Waals surface area contributed by atoms with Crippen molar-refractivity contribution in [3.8, 4) is 68.0 Å². The van der Waals surface area contributed by atoms with E-state index >= 15 is 0 Å². The molecule has 0 spiro atoms. The highest BCUT2D eigenvalue weighted by Gasteiger charge is 2.19. The molecule has 0 atom stereocenters. The average Bonchev–Trinajstić information content (AvgIpc) is 1.99. The lowest BCUT2D eigenvalue weighted by Gasteiger charge is -2.14. The van der Waals surface area contributed by atoms with Crippen LogP contribution in [-0.2, 0) is 19.6 Å². The number of nitrogens with zero attached hydrogens (tertiary/aromatic N) is 13. The van der Waals surface area contributed by atoms with E-state index < -0.39 is 17.5 Å². The molecule has 21 heteroatoms. The number of halogens is 3. The molecule has 0 bridgehead atoms. The monoisotopic (exact) mass is 1290 g/mol. The van der Waals surface area contributed by atoms with Gasteiger partial charge in [-0.2, -0.15) is 20.6 Å². The number of hydrogen-bond acceptors (Lipinski definition) is 12. The van der Waals surface area contributed by atoms with Crippen molar-refractivity contribution in [3.05, 3.63) is 237 Å². The molecule has 12 aromatic rings. The summed E-state index contributed by atoms with van der Waals surface area (Å²) in [4.78, 5) is 46.0. The zero-order chi connectivity index (χ0) is 66.2. The number of hydrogen-bond donors (Lipinski definition) is 0. The van der Waals surface area contributed by atoms with E-state index in [1.165, 1.54) is 98.6 Å². The third kappa shape index (κ3) is 14.2. The van der Waals surface area contributed by atoms with E-state index in [9.17, 15) is 32.8 Å². The van der Waals surface area contributed by atoms with E-state index in [0.29, 0.717) is 33.9 Å². The Labute approximate surface area is 552 Å². The zero-order valence-electron chi connectivity index (χ0n) is 53.5. The molecule has 0 amide bonds. The molecule has 0 unspecified atom stereocenters. The maximum absolute atomic E-state index is 14.1. The molecule has 0 saturated carbocycles. The fourth-order valence-electron chi connectivity index (χ4n) is 13.1. The van der Waals surface area contributed by atoms with E-state index in [0.717, 1.165) is 127 Å². The highest BCUT2D eigenvalue weighted by molar-refractivity contribution is 5.83. The van der Waals surface area contributed by atoms with Gasteiger partial charge in [-0.3, -0.25) is 42.1 Å². The number of aromatic nitrogens is 9. The standard InChI is InChI=1S/C26H28N4O3.C25H22FN5O.C24H22F2N4O/c1-32-22-6-7-23(25(17-22)33-2)19-9-12-29(26(31)16-19)21-5-8-24-20(15-21)18-27-30(24)14-13-28-10-3-4-11-28;26-21-3-5-23(19(13-21)16-27)18-7-10-30(25(32)15-18)22-4-6-24-20(14-22)17-28-31(24)12-11-29-8-1-2-9-29;25-19-3-5-21(22(26)15-19)17-7-10-29(24(31)14-17)20-4-6-23-18(13-20)16-27-30(23)12-11-28-8-1-2-9-28/h5-9,12,15-18H,3-4,10-11,13-14H2,1-2H3;3-7,10,13-15,17H,1-2,8-9,11-12H2;3-7,10,13-16H,1-2,8-9,11-12H2. The van der Waals surface area contributed by atoms with Crippen LogP contribution in [0.25, 0.3) is 83.2 Å². The Morgan fingerprint density at radius 2 is 0.802 bits per heavy atom. The van der Waals surface area contributed by atoms with E-state index in [1.54, 1.807) is 60.1 Å². The first-order valence-corrected chi connectivity index (χ1v) is 32.5. The third-order valence-corrected chi connectivity index (χ3v) is 18.3. The highest BCUT2D eigenvalue weighted by atomic mass is 19.1. The van der Waals surface area contributed by atoms with Crippen molar-refractivity contribution in [1.29, 1.82) is 5.26 Å². The summed E-state index contributed by atoms with van der Waals surface area (Å²) in [5.74, 6) is -0.454. The van der Waals surface area contributed by atoms with Gasteiger partial charge in [0.1, 0.15) is 29.0 Å². The highest BCUT2D eigenvalue weighted by Crippen LogP contribution is 2.34. The van der Waals surface area contributed by atoms with Crippen molar-refractivity contribution in [2.75, 3.05) is 73.1 Å². The summed E-state index contributed by atoms with van der Waals surface area (Å²) in [6.45, 7) is 12.6. The van der Waals surface area contributed by atoms with Crippen molar-refractivity contribution < 1.29 is 22.6 Å². The number of nitriles is 1. The fraction of sp³-hybridized carbons (Fsp3) is 0.267. The number of benzene rings is 6. The van der Waals surface area contributed by atoms with Crippen molar-refractivity contribution in [3.63, 3.8) is 0 Å². The quantitative estimate of drug-likeness (QED) is 0.0846. The van der Waals surface area contributed by atoms with Crippen LogP contribution in [0.1, 0.15) is 44.1 Å². The lowest BCUT2D eigenvalue weighted by molar-refractivity contribution is 0.318. The van der Waals surface area contributed by atoms with E-state index in [-0.39, 0.29) is 27.8 Å². The van der Waals surface area contributed by atoms with Crippen molar-refractivity contribution in [2.45, 2.75) is 58.2 Å². The van der Waals surface area contributed by atoms with Crippen LogP contribution in [-0.4, -0.2) is 131 Å². The Morgan fingerprint density at radius 1 is 0.417 bits per heavy atom. The Balaban J connectivity index is 0.000000130. The van der Waals surface area contributed by atoms with Gasteiger partial charge in [0.15, 0.2) is 0 Å². The van der Waals surface area contributed by atoms with Crippen LogP contribution in [0.3, 0.4) is 0 Å². The molecule has 18 nitrogen and oxygen atoms in total. The van der Waals surface area contributed by atoms with E-state index in [2.05, 4.69) is 40.7 Å². The summed E-state index contributed by atoms with van der Waals surface area (Å²) in [6.07, 6.45) is 18.3. The normalized spacial score (nSPS) is 14.2. The molecular weight excluding hydrogens is 1220 g/mol. The second-order valence-electron chi connectivity index (χ2n) is 24.3. The van der Waals surface area contributed by atoms with Crippen LogP contribution >= 0.6 is 0 Å². The minimum absolute atomic E-state index is 0.105. The largest absolute Gasteiger partial charge is 0.497 e. The summed E-state index contributed by atoms with van der Waals surface area (Å²) in [5, 5.41) is 25.9. The van der Waals surface area contributed by atoms with Gasteiger partial charge in [0, 0.05) is 113 Å². The van der Waals surface area contributed by atoms with Gasteiger partial charge in [0.2, 0.25) is 0 Å². The molecule has 0 N–H and O–H groups in total. The van der Waals surface area contributed by atoms with Crippen molar-refractivity contribution in [2.24, 2.45) is 0 Å². The third-order valence-electron chi connectivity index (χ3n) is 18.3. The molecule has 3 saturated heterocycles. The number of rotatable bonds is 17. The topological polar surface area (TPSA) is 171 Å². The van der Waals surface area contributed by atoms with Crippen LogP contribution in [0.4, 0.5) is 13.2 Å². The first-order chi connectivity index (χ1) is 46.9. The lowest BCUT2D eigenvalue weighted by atomic mass is 10.0. The second kappa shape index (κ2) is 28.9. The smallest absolute Gasteiger partial charge is 0.255 e. The van der Waals surface area contributed by atoms with Crippen LogP contribution < -0.4 is 26.2 Å². The van der Waals surface area contributed by atoms with Crippen LogP contribution in [0.2, 0.25) is 0 Å². The Bertz CT molecular complexity index is 5030. The van der Waals surface area contributed by atoms with Gasteiger partial charge < -0.3 is 24.2 Å². The molecule has 488 valence electrons. The molecule has 0 aliphatic carbocycles. The summed E-state index contributed by atoms with van der Waals surface area (Å²) in [7, 11) is 3.23. The van der Waals surface area contributed by atoms with Gasteiger partial charge in [0.05, 0.1) is 80.6 Å². The molecule has 3 aliphatic rings. The van der Waals surface area contributed by atoms with Crippen LogP contribution in [0.15, 0.2) is 197 Å². The van der Waals surface area contributed by atoms with Gasteiger partial charge in [-0.15, -0.1) is 0 Å². The average molecular weight is 1290 g/mol. The minimum atomic E-state index is -0.695. The zero-order valence-corrected chi connectivity index (χ0v) is 53.5. The first-order valence-electron chi connectivity index (χ1n) is 32.5. The van der Waals surface area contributed by atoms with Crippen molar-refractivity contribution >= 4 is 32.7 Å². The summed E-state index contributed by atoms with van der Waals surface area (Å²) < 4.78 is 62.2. The number of likely N-dealkylation sites (tertiary alicyclic amines) is 3. The summed E-state index contributed by atoms with van der Waals surface area (Å²) in [5.41, 5.74) is 8.38. The number of fused-ring (bicyclic) bond motifs is 3. The number of pyridine rings is 3. The fourth-order valence-corrected chi connectivity index (χ4v) is 13.1. The first kappa shape index (κ1) is 64.1. The van der Waals surface area contributed by atoms with Crippen LogP contribution in [0, 0.1) is 28.8 Å². The SMILES string of the molecule is COc1ccc(-c2ccn(-c3ccc4c(cnn4CCN4CCCC4)c3)c(=O)c2)c(OC)c1.N#Cc1cc(F)ccc1-c1ccn(-c2ccc3c(cnn3CCN3CCCC3)c2)c(=O)c1.O=c1cc(-c2ccc(F)cc2F)ccn1-c1ccc2c(cnn2CCN2CCCC2)c1. The molecule has 0 radical (unpaired) electrons. The Kier molecular flexibility index (Phi) is 19.3. The summed E-state index contributed by atoms with van der Waals surface area (Å²) in [6, 6.07) is 42.4. The predicted octanol–water partition coefficient (Wildman–Crippen LogP) is 12.2. The van der Waals surface area contributed by atoms with Gasteiger partial charge in [0.25, 0.3) is 16.7 Å². The molecule has 6 aromatic carbocycles. The summed E-state index contributed by atoms with van der Waals surface area (Å²) >= 11 is 0. The van der Waals surface area contributed by atoms with E-state index in [4.69, 9.17) is 9.47 Å². The van der Waals surface area contributed by atoms with Crippen molar-refractivity contribution in [1.82, 2.24) is 57.7 Å². The molecule has 96 heavy (non-hydrogen) atoms. The van der Waals surface area contributed by atoms with Gasteiger partial charge in [-0.1, -0.05) is 6.07 Å². The molecule has 6 aromatic heterocycles. The van der Waals surface area contributed by atoms with Crippen LogP contribution in [0.5, 0.6) is 11.5 Å². The maximum atomic E-state index is 14.1. The van der Waals surface area contributed by atoms with Gasteiger partial charge in [-0.05, 0) is 209 Å². The van der Waals surface area contributed by atoms with E-state index in [1.807, 2.05) is 107 Å². The Hall–Kier alpha value is -10.7. The van der Waals surface area contributed by atoms with Gasteiger partial charge in [-0.25, -0.2) is 13.2 Å².